The van der Waals surface area contributed by atoms with Crippen LogP contribution in [0.3, 0.4) is 0 Å². The molecule has 1 saturated heterocycles. The van der Waals surface area contributed by atoms with Crippen molar-refractivity contribution in [2.75, 3.05) is 19.6 Å². The third-order valence-electron chi connectivity index (χ3n) is 3.18. The van der Waals surface area contributed by atoms with E-state index in [1.54, 1.807) is 0 Å². The highest BCUT2D eigenvalue weighted by Crippen LogP contribution is 2.32. The van der Waals surface area contributed by atoms with Gasteiger partial charge in [-0.1, -0.05) is 0 Å². The number of hydrogen-bond donors (Lipinski definition) is 3. The van der Waals surface area contributed by atoms with Crippen LogP contribution in [0.1, 0.15) is 12.8 Å². The summed E-state index contributed by atoms with van der Waals surface area (Å²) < 4.78 is 37.5. The number of alkyl halides is 3. The first-order chi connectivity index (χ1) is 9.61. The minimum Gasteiger partial charge on any atom is -0.368 e. The molecular formula is C11H17F3N4O3. The largest absolute Gasteiger partial charge is 0.393 e. The van der Waals surface area contributed by atoms with E-state index >= 15 is 0 Å². The van der Waals surface area contributed by atoms with Gasteiger partial charge in [-0.15, -0.1) is 0 Å². The summed E-state index contributed by atoms with van der Waals surface area (Å²) in [4.78, 5) is 34.7. The average molecular weight is 310 g/mol. The molecule has 0 bridgehead atoms. The van der Waals surface area contributed by atoms with Gasteiger partial charge >= 0.3 is 6.18 Å². The molecule has 0 saturated carbocycles. The molecule has 21 heavy (non-hydrogen) atoms. The molecule has 1 rings (SSSR count). The summed E-state index contributed by atoms with van der Waals surface area (Å²) in [7, 11) is 0. The molecule has 120 valence electrons. The number of carbonyl (C=O) groups excluding carboxylic acids is 3. The summed E-state index contributed by atoms with van der Waals surface area (Å²) in [5.74, 6) is -3.85. The van der Waals surface area contributed by atoms with Gasteiger partial charge in [-0.05, 0) is 12.8 Å². The highest BCUT2D eigenvalue weighted by Gasteiger charge is 2.43. The van der Waals surface area contributed by atoms with Crippen LogP contribution in [-0.2, 0) is 14.4 Å². The summed E-state index contributed by atoms with van der Waals surface area (Å²) in [5, 5.41) is 2.49. The Balaban J connectivity index is 2.65. The molecule has 2 unspecified atom stereocenters. The second-order valence-electron chi connectivity index (χ2n) is 4.90. The van der Waals surface area contributed by atoms with Crippen molar-refractivity contribution in [3.05, 3.63) is 0 Å². The fraction of sp³-hybridized carbons (Fsp3) is 0.727. The lowest BCUT2D eigenvalue weighted by Crippen LogP contribution is -2.55. The van der Waals surface area contributed by atoms with Gasteiger partial charge in [0.1, 0.15) is 0 Å². The van der Waals surface area contributed by atoms with Gasteiger partial charge in [-0.2, -0.15) is 13.2 Å². The molecule has 0 aliphatic carbocycles. The maximum Gasteiger partial charge on any atom is 0.393 e. The number of piperidine rings is 1. The van der Waals surface area contributed by atoms with Gasteiger partial charge in [0.15, 0.2) is 0 Å². The highest BCUT2D eigenvalue weighted by molar-refractivity contribution is 5.90. The van der Waals surface area contributed by atoms with Crippen LogP contribution in [0, 0.1) is 5.92 Å². The highest BCUT2D eigenvalue weighted by atomic mass is 19.4. The van der Waals surface area contributed by atoms with E-state index < -0.39 is 48.9 Å². The number of nitrogens with zero attached hydrogens (tertiary/aromatic N) is 1. The Kier molecular flexibility index (Phi) is 5.53. The third kappa shape index (κ3) is 5.21. The van der Waals surface area contributed by atoms with Gasteiger partial charge in [-0.3, -0.25) is 14.4 Å². The van der Waals surface area contributed by atoms with Gasteiger partial charge in [0.05, 0.1) is 25.0 Å². The minimum absolute atomic E-state index is 0.0446. The van der Waals surface area contributed by atoms with Gasteiger partial charge < -0.3 is 21.7 Å². The quantitative estimate of drug-likeness (QED) is 0.586. The van der Waals surface area contributed by atoms with Gasteiger partial charge in [-0.25, -0.2) is 0 Å². The standard InChI is InChI=1S/C11H17F3N4O3/c12-11(13,14)6-1-2-7(17-3-6)10(21)18(4-8(15)19)5-9(16)20/h6-7,17H,1-5H2,(H2,15,19)(H2,16,20). The van der Waals surface area contributed by atoms with Gasteiger partial charge in [0, 0.05) is 6.54 Å². The summed E-state index contributed by atoms with van der Waals surface area (Å²) >= 11 is 0. The number of primary amides is 2. The van der Waals surface area contributed by atoms with Crippen LogP contribution in [-0.4, -0.2) is 54.5 Å². The third-order valence-corrected chi connectivity index (χ3v) is 3.18. The normalized spacial score (nSPS) is 22.6. The summed E-state index contributed by atoms with van der Waals surface area (Å²) in [6.45, 7) is -1.41. The molecule has 7 nitrogen and oxygen atoms in total. The molecule has 0 aromatic heterocycles. The molecular weight excluding hydrogens is 293 g/mol. The van der Waals surface area contributed by atoms with E-state index in [1.165, 1.54) is 0 Å². The van der Waals surface area contributed by atoms with E-state index in [0.717, 1.165) is 4.90 Å². The predicted molar refractivity (Wildman–Crippen MR) is 65.5 cm³/mol. The van der Waals surface area contributed by atoms with E-state index in [1.807, 2.05) is 0 Å². The lowest BCUT2D eigenvalue weighted by Gasteiger charge is -2.33. The first kappa shape index (κ1) is 17.2. The topological polar surface area (TPSA) is 119 Å². The number of hydrogen-bond acceptors (Lipinski definition) is 4. The predicted octanol–water partition coefficient (Wildman–Crippen LogP) is -1.28. The van der Waals surface area contributed by atoms with Gasteiger partial charge in [0.2, 0.25) is 17.7 Å². The summed E-state index contributed by atoms with van der Waals surface area (Å²) in [5.41, 5.74) is 9.92. The molecule has 0 aromatic carbocycles. The van der Waals surface area contributed by atoms with Crippen LogP contribution < -0.4 is 16.8 Å². The summed E-state index contributed by atoms with van der Waals surface area (Å²) in [6, 6.07) is -0.887. The molecule has 3 amide bonds. The minimum atomic E-state index is -4.32. The number of nitrogens with two attached hydrogens (primary N) is 2. The summed E-state index contributed by atoms with van der Waals surface area (Å²) in [6.07, 6.45) is -4.56. The smallest absolute Gasteiger partial charge is 0.368 e. The molecule has 1 fully saturated rings. The Morgan fingerprint density at radius 1 is 1.10 bits per heavy atom. The fourth-order valence-electron chi connectivity index (χ4n) is 2.16. The average Bonchev–Trinajstić information content (AvgIpc) is 2.35. The van der Waals surface area contributed by atoms with Crippen molar-refractivity contribution in [3.8, 4) is 0 Å². The molecule has 0 aromatic rings. The van der Waals surface area contributed by atoms with Crippen LogP contribution in [0.25, 0.3) is 0 Å². The molecule has 1 aliphatic rings. The van der Waals surface area contributed by atoms with E-state index in [-0.39, 0.29) is 19.4 Å². The fourth-order valence-corrected chi connectivity index (χ4v) is 2.16. The molecule has 10 heteroatoms. The van der Waals surface area contributed by atoms with E-state index in [2.05, 4.69) is 5.32 Å². The molecule has 0 spiro atoms. The van der Waals surface area contributed by atoms with Crippen LogP contribution in [0.15, 0.2) is 0 Å². The molecule has 2 atom stereocenters. The van der Waals surface area contributed by atoms with Crippen molar-refractivity contribution in [1.29, 1.82) is 0 Å². The number of rotatable bonds is 5. The number of amides is 3. The Morgan fingerprint density at radius 2 is 1.62 bits per heavy atom. The van der Waals surface area contributed by atoms with E-state index in [0.29, 0.717) is 0 Å². The number of carbonyl (C=O) groups is 3. The Labute approximate surface area is 118 Å². The van der Waals surface area contributed by atoms with Crippen LogP contribution >= 0.6 is 0 Å². The lowest BCUT2D eigenvalue weighted by molar-refractivity contribution is -0.180. The van der Waals surface area contributed by atoms with Crippen molar-refractivity contribution in [2.24, 2.45) is 17.4 Å². The first-order valence-corrected chi connectivity index (χ1v) is 6.26. The van der Waals surface area contributed by atoms with E-state index in [4.69, 9.17) is 11.5 Å². The van der Waals surface area contributed by atoms with Gasteiger partial charge in [0.25, 0.3) is 0 Å². The number of nitrogens with one attached hydrogen (secondary N) is 1. The second kappa shape index (κ2) is 6.74. The molecule has 1 heterocycles. The Bertz CT molecular complexity index is 403. The van der Waals surface area contributed by atoms with Crippen molar-refractivity contribution >= 4 is 17.7 Å². The Morgan fingerprint density at radius 3 is 1.95 bits per heavy atom. The Hall–Kier alpha value is -1.84. The van der Waals surface area contributed by atoms with Crippen molar-refractivity contribution in [3.63, 3.8) is 0 Å². The maximum atomic E-state index is 12.5. The monoisotopic (exact) mass is 310 g/mol. The molecule has 0 radical (unpaired) electrons. The molecule has 1 aliphatic heterocycles. The van der Waals surface area contributed by atoms with Crippen molar-refractivity contribution in [2.45, 2.75) is 25.1 Å². The van der Waals surface area contributed by atoms with Crippen LogP contribution in [0.5, 0.6) is 0 Å². The zero-order chi connectivity index (χ0) is 16.2. The SMILES string of the molecule is NC(=O)CN(CC(N)=O)C(=O)C1CCC(C(F)(F)F)CN1. The number of halogens is 3. The van der Waals surface area contributed by atoms with Crippen molar-refractivity contribution in [1.82, 2.24) is 10.2 Å². The maximum absolute atomic E-state index is 12.5. The zero-order valence-electron chi connectivity index (χ0n) is 11.2. The van der Waals surface area contributed by atoms with Crippen LogP contribution in [0.4, 0.5) is 13.2 Å². The van der Waals surface area contributed by atoms with E-state index in [9.17, 15) is 27.6 Å². The van der Waals surface area contributed by atoms with Crippen LogP contribution in [0.2, 0.25) is 0 Å². The first-order valence-electron chi connectivity index (χ1n) is 6.26. The van der Waals surface area contributed by atoms with Crippen molar-refractivity contribution < 1.29 is 27.6 Å². The lowest BCUT2D eigenvalue weighted by atomic mass is 9.93. The zero-order valence-corrected chi connectivity index (χ0v) is 11.2. The second-order valence-corrected chi connectivity index (χ2v) is 4.90. The molecule has 5 N–H and O–H groups in total.